The van der Waals surface area contributed by atoms with Gasteiger partial charge >= 0.3 is 5.69 Å². The Labute approximate surface area is 96.9 Å². The number of halogens is 1. The van der Waals surface area contributed by atoms with Crippen molar-refractivity contribution in [3.8, 4) is 0 Å². The van der Waals surface area contributed by atoms with Gasteiger partial charge < -0.3 is 10.3 Å². The number of nitrogens with one attached hydrogen (secondary N) is 2. The number of H-pyrrole nitrogens is 1. The summed E-state index contributed by atoms with van der Waals surface area (Å²) in [6.45, 7) is 0.922. The average molecular weight is 233 g/mol. The monoisotopic (exact) mass is 233 g/mol. The predicted molar refractivity (Wildman–Crippen MR) is 62.3 cm³/mol. The first kappa shape index (κ1) is 10.4. The summed E-state index contributed by atoms with van der Waals surface area (Å²) in [6.07, 6.45) is 2.01. The molecule has 1 aliphatic heterocycles. The Balaban J connectivity index is 2.29. The van der Waals surface area contributed by atoms with E-state index >= 15 is 0 Å². The molecule has 1 aromatic heterocycles. The third-order valence-electron chi connectivity index (χ3n) is 3.14. The van der Waals surface area contributed by atoms with Gasteiger partial charge in [0.25, 0.3) is 0 Å². The predicted octanol–water partition coefficient (Wildman–Crippen LogP) is 1.49. The van der Waals surface area contributed by atoms with E-state index in [-0.39, 0.29) is 11.6 Å². The number of aromatic amines is 1. The molecule has 1 fully saturated rings. The normalized spacial score (nSPS) is 19.9. The summed E-state index contributed by atoms with van der Waals surface area (Å²) in [7, 11) is 0. The van der Waals surface area contributed by atoms with Gasteiger partial charge in [0.15, 0.2) is 0 Å². The molecule has 0 saturated carbocycles. The molecular weight excluding hydrogens is 221 g/mol. The van der Waals surface area contributed by atoms with Gasteiger partial charge in [-0.2, -0.15) is 4.98 Å². The summed E-state index contributed by atoms with van der Waals surface area (Å²) in [5, 5.41) is 3.98. The molecule has 0 radical (unpaired) electrons. The van der Waals surface area contributed by atoms with Crippen LogP contribution in [0.25, 0.3) is 10.9 Å². The number of hydrogen-bond donors (Lipinski definition) is 2. The van der Waals surface area contributed by atoms with E-state index in [2.05, 4.69) is 15.3 Å². The zero-order valence-electron chi connectivity index (χ0n) is 9.16. The van der Waals surface area contributed by atoms with Gasteiger partial charge in [0, 0.05) is 17.1 Å². The molecule has 0 amide bonds. The number of nitrogens with zero attached hydrogens (tertiary/aromatic N) is 1. The van der Waals surface area contributed by atoms with Crippen molar-refractivity contribution < 1.29 is 4.39 Å². The average Bonchev–Trinajstić information content (AvgIpc) is 2.83. The van der Waals surface area contributed by atoms with E-state index in [1.54, 1.807) is 12.1 Å². The third-order valence-corrected chi connectivity index (χ3v) is 3.14. The highest BCUT2D eigenvalue weighted by atomic mass is 19.1. The molecule has 2 heterocycles. The van der Waals surface area contributed by atoms with Crippen LogP contribution in [-0.2, 0) is 0 Å². The van der Waals surface area contributed by atoms with Gasteiger partial charge in [-0.15, -0.1) is 0 Å². The zero-order valence-corrected chi connectivity index (χ0v) is 9.16. The van der Waals surface area contributed by atoms with E-state index in [1.165, 1.54) is 6.07 Å². The molecule has 0 aliphatic carbocycles. The van der Waals surface area contributed by atoms with Crippen molar-refractivity contribution in [3.63, 3.8) is 0 Å². The highest BCUT2D eigenvalue weighted by molar-refractivity contribution is 5.81. The van der Waals surface area contributed by atoms with Crippen molar-refractivity contribution in [1.29, 1.82) is 0 Å². The van der Waals surface area contributed by atoms with Crippen molar-refractivity contribution >= 4 is 10.9 Å². The Morgan fingerprint density at radius 2 is 2.29 bits per heavy atom. The minimum absolute atomic E-state index is 0.0926. The summed E-state index contributed by atoms with van der Waals surface area (Å²) in [5.74, 6) is -0.451. The Kier molecular flexibility index (Phi) is 2.40. The molecule has 1 atom stereocenters. The molecule has 3 rings (SSSR count). The smallest absolute Gasteiger partial charge is 0.309 e. The Bertz CT molecular complexity index is 617. The molecule has 0 spiro atoms. The fourth-order valence-corrected chi connectivity index (χ4v) is 2.36. The lowest BCUT2D eigenvalue weighted by molar-refractivity contribution is 0.621. The second-order valence-electron chi connectivity index (χ2n) is 4.24. The van der Waals surface area contributed by atoms with Crippen LogP contribution in [0.1, 0.15) is 24.6 Å². The summed E-state index contributed by atoms with van der Waals surface area (Å²) < 4.78 is 13.6. The Hall–Kier alpha value is -1.75. The molecule has 1 unspecified atom stereocenters. The second-order valence-corrected chi connectivity index (χ2v) is 4.24. The summed E-state index contributed by atoms with van der Waals surface area (Å²) in [6, 6.07) is 4.84. The number of hydrogen-bond acceptors (Lipinski definition) is 3. The highest BCUT2D eigenvalue weighted by Gasteiger charge is 2.20. The SMILES string of the molecule is O=c1nc2c(F)cccc2c(C2CCCN2)[nH]1. The Morgan fingerprint density at radius 1 is 1.41 bits per heavy atom. The van der Waals surface area contributed by atoms with Crippen LogP contribution in [0.3, 0.4) is 0 Å². The first-order chi connectivity index (χ1) is 8.25. The van der Waals surface area contributed by atoms with Crippen LogP contribution in [-0.4, -0.2) is 16.5 Å². The van der Waals surface area contributed by atoms with Crippen molar-refractivity contribution in [2.24, 2.45) is 0 Å². The fourth-order valence-electron chi connectivity index (χ4n) is 2.36. The van der Waals surface area contributed by atoms with Gasteiger partial charge in [-0.1, -0.05) is 12.1 Å². The lowest BCUT2D eigenvalue weighted by Gasteiger charge is -2.12. The molecule has 17 heavy (non-hydrogen) atoms. The summed E-state index contributed by atoms with van der Waals surface area (Å²) in [5.41, 5.74) is 0.406. The van der Waals surface area contributed by atoms with E-state index in [0.717, 1.165) is 25.1 Å². The number of aromatic nitrogens is 2. The Morgan fingerprint density at radius 3 is 3.06 bits per heavy atom. The van der Waals surface area contributed by atoms with E-state index in [9.17, 15) is 9.18 Å². The molecule has 1 aliphatic rings. The molecule has 88 valence electrons. The first-order valence-electron chi connectivity index (χ1n) is 5.67. The van der Waals surface area contributed by atoms with Crippen molar-refractivity contribution in [1.82, 2.24) is 15.3 Å². The van der Waals surface area contributed by atoms with Crippen LogP contribution >= 0.6 is 0 Å². The molecule has 1 aromatic carbocycles. The van der Waals surface area contributed by atoms with Gasteiger partial charge in [-0.05, 0) is 25.5 Å². The highest BCUT2D eigenvalue weighted by Crippen LogP contribution is 2.26. The topological polar surface area (TPSA) is 57.8 Å². The lowest BCUT2D eigenvalue weighted by Crippen LogP contribution is -2.21. The number of para-hydroxylation sites is 1. The van der Waals surface area contributed by atoms with Crippen molar-refractivity contribution in [2.75, 3.05) is 6.54 Å². The van der Waals surface area contributed by atoms with Crippen molar-refractivity contribution in [3.05, 3.63) is 40.2 Å². The molecule has 1 saturated heterocycles. The minimum Gasteiger partial charge on any atom is -0.309 e. The zero-order chi connectivity index (χ0) is 11.8. The maximum absolute atomic E-state index is 13.6. The van der Waals surface area contributed by atoms with Gasteiger partial charge in [-0.25, -0.2) is 9.18 Å². The van der Waals surface area contributed by atoms with Gasteiger partial charge in [0.2, 0.25) is 0 Å². The van der Waals surface area contributed by atoms with E-state index in [4.69, 9.17) is 0 Å². The molecule has 2 N–H and O–H groups in total. The van der Waals surface area contributed by atoms with E-state index < -0.39 is 11.5 Å². The van der Waals surface area contributed by atoms with Crippen LogP contribution < -0.4 is 11.0 Å². The largest absolute Gasteiger partial charge is 0.345 e. The van der Waals surface area contributed by atoms with Crippen LogP contribution in [0, 0.1) is 5.82 Å². The second kappa shape index (κ2) is 3.92. The lowest BCUT2D eigenvalue weighted by atomic mass is 10.1. The summed E-state index contributed by atoms with van der Waals surface area (Å²) in [4.78, 5) is 17.9. The molecule has 4 nitrogen and oxygen atoms in total. The maximum atomic E-state index is 13.6. The van der Waals surface area contributed by atoms with Crippen LogP contribution in [0.15, 0.2) is 23.0 Å². The molecule has 5 heteroatoms. The van der Waals surface area contributed by atoms with Crippen molar-refractivity contribution in [2.45, 2.75) is 18.9 Å². The van der Waals surface area contributed by atoms with Crippen LogP contribution in [0.4, 0.5) is 4.39 Å². The van der Waals surface area contributed by atoms with Crippen LogP contribution in [0.2, 0.25) is 0 Å². The summed E-state index contributed by atoms with van der Waals surface area (Å²) >= 11 is 0. The number of benzene rings is 1. The standard InChI is InChI=1S/C12H12FN3O/c13-8-4-1-3-7-10(8)15-12(17)16-11(7)9-5-2-6-14-9/h1,3-4,9,14H,2,5-6H2,(H,15,16,17). The number of fused-ring (bicyclic) bond motifs is 1. The van der Waals surface area contributed by atoms with E-state index in [1.807, 2.05) is 0 Å². The maximum Gasteiger partial charge on any atom is 0.345 e. The fraction of sp³-hybridized carbons (Fsp3) is 0.333. The molecular formula is C12H12FN3O. The number of rotatable bonds is 1. The first-order valence-corrected chi connectivity index (χ1v) is 5.67. The van der Waals surface area contributed by atoms with Crippen LogP contribution in [0.5, 0.6) is 0 Å². The minimum atomic E-state index is -0.494. The molecule has 0 bridgehead atoms. The van der Waals surface area contributed by atoms with Gasteiger partial charge in [-0.3, -0.25) is 0 Å². The molecule has 2 aromatic rings. The van der Waals surface area contributed by atoms with Gasteiger partial charge in [0.05, 0.1) is 0 Å². The van der Waals surface area contributed by atoms with E-state index in [0.29, 0.717) is 5.39 Å². The quantitative estimate of drug-likeness (QED) is 0.784. The van der Waals surface area contributed by atoms with Gasteiger partial charge in [0.1, 0.15) is 11.3 Å². The third kappa shape index (κ3) is 1.72.